The predicted octanol–water partition coefficient (Wildman–Crippen LogP) is 5.82. The molecule has 1 N–H and O–H groups in total. The Kier molecular flexibility index (Phi) is 4.05. The number of hydrogen-bond donors (Lipinski definition) is 1. The molecule has 3 aromatic carbocycles. The molecule has 0 aliphatic carbocycles. The maximum absolute atomic E-state index is 11.1. The highest BCUT2D eigenvalue weighted by atomic mass is 35.5. The number of carboxylic acids is 1. The Bertz CT molecular complexity index is 1350. The maximum atomic E-state index is 11.1. The lowest BCUT2D eigenvalue weighted by Crippen LogP contribution is -1.93. The van der Waals surface area contributed by atoms with Crippen LogP contribution in [0.1, 0.15) is 64.1 Å². The summed E-state index contributed by atoms with van der Waals surface area (Å²) in [6, 6.07) is -7.19. The van der Waals surface area contributed by atoms with Gasteiger partial charge in [0.1, 0.15) is 0 Å². The molecule has 0 fully saturated rings. The Hall–Kier alpha value is -3.24. The highest BCUT2D eigenvalue weighted by Gasteiger charge is 2.01. The van der Waals surface area contributed by atoms with Crippen LogP contribution in [0.3, 0.4) is 0 Å². The van der Waals surface area contributed by atoms with Crippen molar-refractivity contribution in [3.63, 3.8) is 0 Å². The second kappa shape index (κ2) is 12.2. The number of halogens is 1. The summed E-state index contributed by atoms with van der Waals surface area (Å²) in [5, 5.41) is 8.40. The molecule has 0 aliphatic rings. The van der Waals surface area contributed by atoms with E-state index in [0.29, 0.717) is 0 Å². The number of carboxylic acid groups (broad SMARTS) is 1. The molecule has 0 heterocycles. The zero-order chi connectivity index (χ0) is 33.1. The number of benzene rings is 3. The van der Waals surface area contributed by atoms with E-state index in [1.165, 1.54) is 13.8 Å². The fourth-order valence-electron chi connectivity index (χ4n) is 1.32. The van der Waals surface area contributed by atoms with Gasteiger partial charge in [0.15, 0.2) is 11.6 Å². The van der Waals surface area contributed by atoms with Crippen molar-refractivity contribution in [2.75, 3.05) is 0 Å². The van der Waals surface area contributed by atoms with Crippen LogP contribution in [-0.2, 0) is 0 Å². The van der Waals surface area contributed by atoms with Crippen LogP contribution >= 0.6 is 11.6 Å². The van der Waals surface area contributed by atoms with Gasteiger partial charge in [-0.2, -0.15) is 0 Å². The van der Waals surface area contributed by atoms with Crippen LogP contribution in [0.25, 0.3) is 0 Å². The van der Waals surface area contributed by atoms with Crippen molar-refractivity contribution >= 4 is 29.1 Å². The first kappa shape index (κ1) is 9.30. The van der Waals surface area contributed by atoms with Gasteiger partial charge in [0, 0.05) is 11.1 Å². The topological polar surface area (TPSA) is 71.4 Å². The smallest absolute Gasteiger partial charge is 0.335 e. The van der Waals surface area contributed by atoms with Gasteiger partial charge in [-0.15, -0.1) is 0 Å². The van der Waals surface area contributed by atoms with Crippen molar-refractivity contribution in [2.24, 2.45) is 0 Å². The molecule has 28 heavy (non-hydrogen) atoms. The second-order valence-electron chi connectivity index (χ2n) is 4.61. The molecule has 0 radical (unpaired) electrons. The van der Waals surface area contributed by atoms with Crippen molar-refractivity contribution in [2.45, 2.75) is 13.8 Å². The van der Waals surface area contributed by atoms with Crippen molar-refractivity contribution in [1.82, 2.24) is 0 Å². The summed E-state index contributed by atoms with van der Waals surface area (Å²) in [4.78, 5) is 32.7. The van der Waals surface area contributed by atoms with Gasteiger partial charge in [-0.25, -0.2) is 4.79 Å². The molecule has 4 nitrogen and oxygen atoms in total. The van der Waals surface area contributed by atoms with Gasteiger partial charge in [-0.3, -0.25) is 9.59 Å². The predicted molar refractivity (Wildman–Crippen MR) is 111 cm³/mol. The van der Waals surface area contributed by atoms with Gasteiger partial charge in [0.25, 0.3) is 0 Å². The number of carbonyl (C=O) groups excluding carboxylic acids is 2. The highest BCUT2D eigenvalue weighted by molar-refractivity contribution is 6.33. The summed E-state index contributed by atoms with van der Waals surface area (Å²) in [5.74, 6) is -2.52. The van der Waals surface area contributed by atoms with Crippen LogP contribution in [0.15, 0.2) is 84.6 Å². The summed E-state index contributed by atoms with van der Waals surface area (Å²) in [6.45, 7) is 2.38. The molecule has 0 saturated heterocycles. The Morgan fingerprint density at radius 2 is 1.14 bits per heavy atom. The first-order valence-corrected chi connectivity index (χ1v) is 7.65. The number of aromatic carboxylic acids is 1. The molecule has 0 atom stereocenters. The zero-order valence-electron chi connectivity index (χ0n) is 28.5. The van der Waals surface area contributed by atoms with E-state index in [4.69, 9.17) is 35.9 Å². The monoisotopic (exact) mass is 410 g/mol. The fraction of sp³-hybridized carbons (Fsp3) is 0.0870. The number of rotatable bonds is 3. The van der Waals surface area contributed by atoms with E-state index < -0.39 is 95.6 Å². The first-order chi connectivity index (χ1) is 19.1. The summed E-state index contributed by atoms with van der Waals surface area (Å²) in [6.07, 6.45) is 0. The summed E-state index contributed by atoms with van der Waals surface area (Å²) < 4.78 is 102. The lowest BCUT2D eigenvalue weighted by atomic mass is 10.1. The molecular formula is C23H21ClO4. The van der Waals surface area contributed by atoms with Crippen LogP contribution in [0, 0.1) is 0 Å². The number of Topliss-reactive ketones (excluding diaryl/α,β-unsaturated/α-hetero) is 2. The molecular weight excluding hydrogens is 376 g/mol. The molecule has 0 saturated carbocycles. The first-order valence-electron chi connectivity index (χ1n) is 14.3. The maximum Gasteiger partial charge on any atom is 0.335 e. The van der Waals surface area contributed by atoms with Crippen LogP contribution < -0.4 is 0 Å². The normalized spacial score (nSPS) is 16.1. The van der Waals surface area contributed by atoms with Gasteiger partial charge >= 0.3 is 5.97 Å². The van der Waals surface area contributed by atoms with E-state index in [1.54, 1.807) is 0 Å². The van der Waals surface area contributed by atoms with Crippen molar-refractivity contribution < 1.29 is 38.7 Å². The minimum absolute atomic E-state index is 0.155. The van der Waals surface area contributed by atoms with Crippen LogP contribution in [0.4, 0.5) is 0 Å². The molecule has 0 spiro atoms. The second-order valence-corrected chi connectivity index (χ2v) is 4.98. The quantitative estimate of drug-likeness (QED) is 0.552. The highest BCUT2D eigenvalue weighted by Crippen LogP contribution is 2.14. The average molecular weight is 411 g/mol. The molecule has 144 valence electrons. The van der Waals surface area contributed by atoms with E-state index in [9.17, 15) is 14.4 Å². The number of hydrogen-bond acceptors (Lipinski definition) is 3. The Balaban J connectivity index is 0.000000315. The lowest BCUT2D eigenvalue weighted by molar-refractivity contribution is 0.0696. The largest absolute Gasteiger partial charge is 0.478 e. The van der Waals surface area contributed by atoms with Crippen molar-refractivity contribution in [3.8, 4) is 0 Å². The van der Waals surface area contributed by atoms with Crippen LogP contribution in [-0.4, -0.2) is 22.6 Å². The molecule has 0 aliphatic heterocycles. The lowest BCUT2D eigenvalue weighted by Gasteiger charge is -1.95. The van der Waals surface area contributed by atoms with E-state index in [2.05, 4.69) is 0 Å². The molecule has 3 rings (SSSR count). The molecule has 3 aromatic rings. The Labute approximate surface area is 189 Å². The van der Waals surface area contributed by atoms with E-state index in [0.717, 1.165) is 0 Å². The minimum Gasteiger partial charge on any atom is -0.478 e. The van der Waals surface area contributed by atoms with Crippen LogP contribution in [0.2, 0.25) is 5.02 Å². The Morgan fingerprint density at radius 1 is 0.714 bits per heavy atom. The van der Waals surface area contributed by atoms with Gasteiger partial charge in [-0.05, 0) is 38.0 Å². The van der Waals surface area contributed by atoms with Crippen molar-refractivity contribution in [1.29, 1.82) is 0 Å². The summed E-state index contributed by atoms with van der Waals surface area (Å²) in [5.41, 5.74) is -1.11. The Morgan fingerprint density at radius 3 is 1.57 bits per heavy atom. The molecule has 0 aromatic heterocycles. The van der Waals surface area contributed by atoms with E-state index >= 15 is 0 Å². The fourth-order valence-corrected chi connectivity index (χ4v) is 1.55. The van der Waals surface area contributed by atoms with Gasteiger partial charge in [-0.1, -0.05) is 72.0 Å². The molecule has 0 bridgehead atoms. The molecule has 0 unspecified atom stereocenters. The zero-order valence-corrected chi connectivity index (χ0v) is 15.3. The SMILES string of the molecule is [2H]c1c([2H])c([2H])c(C(=O)O)c([2H])c1[2H].[2H]c1c([2H])c([2H])c(C(C)=O)c(Cl)c1[2H].[2H]c1c([2H])c([2H])c(C(C)=O)c([2H])c1[2H]. The number of carbonyl (C=O) groups is 3. The van der Waals surface area contributed by atoms with Gasteiger partial charge in [0.2, 0.25) is 0 Å². The third-order valence-corrected chi connectivity index (χ3v) is 2.84. The minimum atomic E-state index is -1.53. The average Bonchev–Trinajstić information content (AvgIpc) is 2.91. The third-order valence-electron chi connectivity index (χ3n) is 2.56. The van der Waals surface area contributed by atoms with E-state index in [1.807, 2.05) is 0 Å². The van der Waals surface area contributed by atoms with E-state index in [-0.39, 0.29) is 28.2 Å². The molecule has 5 heteroatoms. The standard InChI is InChI=1S/C8H7ClO.C8H8O.C7H6O2/c1-6(10)7-4-2-3-5-8(7)9;1-7(9)8-5-3-2-4-6-8;8-7(9)6-4-2-1-3-5-6/h2-5H,1H3;2-6H,1H3;1-5H,(H,8,9)/i2D,3D,4D,5D;2D,3D,4D,5D,6D;1D,2D,3D,4D,5D. The summed E-state index contributed by atoms with van der Waals surface area (Å²) >= 11 is 5.64. The third kappa shape index (κ3) is 8.43. The van der Waals surface area contributed by atoms with Gasteiger partial charge < -0.3 is 5.11 Å². The van der Waals surface area contributed by atoms with Gasteiger partial charge in [0.05, 0.1) is 29.8 Å². The number of ketones is 2. The van der Waals surface area contributed by atoms with Crippen molar-refractivity contribution in [3.05, 3.63) is 106 Å². The molecule has 0 amide bonds. The van der Waals surface area contributed by atoms with Crippen LogP contribution in [0.5, 0.6) is 0 Å². The summed E-state index contributed by atoms with van der Waals surface area (Å²) in [7, 11) is 0.